The van der Waals surface area contributed by atoms with Crippen LogP contribution in [0.4, 0.5) is 0 Å². The predicted octanol–water partition coefficient (Wildman–Crippen LogP) is 2.95. The van der Waals surface area contributed by atoms with Gasteiger partial charge in [0.05, 0.1) is 5.75 Å². The summed E-state index contributed by atoms with van der Waals surface area (Å²) in [6.45, 7) is 2.08. The van der Waals surface area contributed by atoms with E-state index in [1.165, 1.54) is 5.56 Å². The van der Waals surface area contributed by atoms with Crippen LogP contribution >= 0.6 is 0 Å². The standard InChI is InChI=1S/C17H21NO2S/c1-2-21(19,20)18-14-17(16-11-7-4-8-12-16)13-15-9-5-3-6-10-15/h3-12,17-18H,2,13-14H2,1H3. The molecule has 0 radical (unpaired) electrons. The van der Waals surface area contributed by atoms with Crippen molar-refractivity contribution in [2.75, 3.05) is 12.3 Å². The molecule has 0 fully saturated rings. The van der Waals surface area contributed by atoms with Gasteiger partial charge in [-0.1, -0.05) is 60.7 Å². The largest absolute Gasteiger partial charge is 0.215 e. The van der Waals surface area contributed by atoms with Crippen LogP contribution in [-0.4, -0.2) is 20.7 Å². The van der Waals surface area contributed by atoms with Gasteiger partial charge in [-0.2, -0.15) is 0 Å². The second-order valence-electron chi connectivity index (χ2n) is 5.05. The van der Waals surface area contributed by atoms with Gasteiger partial charge in [0.2, 0.25) is 10.0 Å². The molecule has 21 heavy (non-hydrogen) atoms. The summed E-state index contributed by atoms with van der Waals surface area (Å²) >= 11 is 0. The Morgan fingerprint density at radius 3 is 2.10 bits per heavy atom. The van der Waals surface area contributed by atoms with Gasteiger partial charge in [-0.05, 0) is 24.5 Å². The molecule has 0 amide bonds. The lowest BCUT2D eigenvalue weighted by Gasteiger charge is -2.18. The molecule has 1 atom stereocenters. The maximum atomic E-state index is 11.7. The minimum absolute atomic E-state index is 0.111. The summed E-state index contributed by atoms with van der Waals surface area (Å²) in [7, 11) is -3.16. The van der Waals surface area contributed by atoms with Crippen molar-refractivity contribution in [1.82, 2.24) is 4.72 Å². The van der Waals surface area contributed by atoms with Crippen molar-refractivity contribution in [3.05, 3.63) is 71.8 Å². The summed E-state index contributed by atoms with van der Waals surface area (Å²) in [4.78, 5) is 0. The summed E-state index contributed by atoms with van der Waals surface area (Å²) in [6, 6.07) is 20.2. The van der Waals surface area contributed by atoms with E-state index in [0.29, 0.717) is 6.54 Å². The third kappa shape index (κ3) is 4.99. The Kier molecular flexibility index (Phi) is 5.53. The number of benzene rings is 2. The van der Waals surface area contributed by atoms with Gasteiger partial charge in [-0.25, -0.2) is 13.1 Å². The molecule has 0 saturated heterocycles. The van der Waals surface area contributed by atoms with E-state index in [4.69, 9.17) is 0 Å². The zero-order valence-electron chi connectivity index (χ0n) is 12.2. The summed E-state index contributed by atoms with van der Waals surface area (Å²) in [5.41, 5.74) is 2.36. The topological polar surface area (TPSA) is 46.2 Å². The Morgan fingerprint density at radius 2 is 1.52 bits per heavy atom. The number of rotatable bonds is 7. The number of nitrogens with one attached hydrogen (secondary N) is 1. The quantitative estimate of drug-likeness (QED) is 0.855. The molecular formula is C17H21NO2S. The van der Waals surface area contributed by atoms with Crippen LogP contribution in [0.15, 0.2) is 60.7 Å². The van der Waals surface area contributed by atoms with E-state index in [2.05, 4.69) is 16.9 Å². The molecule has 0 aliphatic heterocycles. The van der Waals surface area contributed by atoms with E-state index >= 15 is 0 Å². The Labute approximate surface area is 127 Å². The summed E-state index contributed by atoms with van der Waals surface area (Å²) in [5, 5.41) is 0. The van der Waals surface area contributed by atoms with Crippen LogP contribution in [0.2, 0.25) is 0 Å². The molecule has 0 aliphatic carbocycles. The summed E-state index contributed by atoms with van der Waals surface area (Å²) in [6.07, 6.45) is 0.817. The van der Waals surface area contributed by atoms with Gasteiger partial charge in [0.15, 0.2) is 0 Å². The van der Waals surface area contributed by atoms with Gasteiger partial charge in [-0.15, -0.1) is 0 Å². The molecule has 1 N–H and O–H groups in total. The van der Waals surface area contributed by atoms with Crippen LogP contribution in [0, 0.1) is 0 Å². The maximum absolute atomic E-state index is 11.7. The molecule has 0 aliphatic rings. The first kappa shape index (κ1) is 15.7. The van der Waals surface area contributed by atoms with E-state index < -0.39 is 10.0 Å². The third-order valence-corrected chi connectivity index (χ3v) is 4.89. The fourth-order valence-electron chi connectivity index (χ4n) is 2.26. The number of sulfonamides is 1. The van der Waals surface area contributed by atoms with E-state index in [1.807, 2.05) is 48.5 Å². The van der Waals surface area contributed by atoms with Gasteiger partial charge in [0.1, 0.15) is 0 Å². The zero-order valence-corrected chi connectivity index (χ0v) is 13.0. The van der Waals surface area contributed by atoms with E-state index in [0.717, 1.165) is 12.0 Å². The summed E-state index contributed by atoms with van der Waals surface area (Å²) in [5.74, 6) is 0.245. The Hall–Kier alpha value is -1.65. The maximum Gasteiger partial charge on any atom is 0.211 e. The third-order valence-electron chi connectivity index (χ3n) is 3.53. The highest BCUT2D eigenvalue weighted by Crippen LogP contribution is 2.20. The molecule has 0 bridgehead atoms. The first-order valence-electron chi connectivity index (χ1n) is 7.17. The molecule has 1 unspecified atom stereocenters. The summed E-state index contributed by atoms with van der Waals surface area (Å²) < 4.78 is 26.1. The van der Waals surface area contributed by atoms with E-state index in [9.17, 15) is 8.42 Å². The molecule has 112 valence electrons. The SMILES string of the molecule is CCS(=O)(=O)NCC(Cc1ccccc1)c1ccccc1. The van der Waals surface area contributed by atoms with Crippen molar-refractivity contribution < 1.29 is 8.42 Å². The van der Waals surface area contributed by atoms with Crippen LogP contribution in [0.5, 0.6) is 0 Å². The fourth-order valence-corrected chi connectivity index (χ4v) is 2.92. The molecule has 0 saturated carbocycles. The lowest BCUT2D eigenvalue weighted by Crippen LogP contribution is -2.30. The van der Waals surface area contributed by atoms with Crippen molar-refractivity contribution in [3.8, 4) is 0 Å². The van der Waals surface area contributed by atoms with Crippen molar-refractivity contribution in [2.45, 2.75) is 19.3 Å². The van der Waals surface area contributed by atoms with E-state index in [-0.39, 0.29) is 11.7 Å². The van der Waals surface area contributed by atoms with Gasteiger partial charge in [0, 0.05) is 12.5 Å². The second kappa shape index (κ2) is 7.38. The second-order valence-corrected chi connectivity index (χ2v) is 7.14. The van der Waals surface area contributed by atoms with Crippen molar-refractivity contribution in [1.29, 1.82) is 0 Å². The van der Waals surface area contributed by atoms with Gasteiger partial charge in [-0.3, -0.25) is 0 Å². The van der Waals surface area contributed by atoms with Crippen molar-refractivity contribution in [3.63, 3.8) is 0 Å². The molecule has 2 rings (SSSR count). The number of hydrogen-bond donors (Lipinski definition) is 1. The highest BCUT2D eigenvalue weighted by atomic mass is 32.2. The molecule has 2 aromatic carbocycles. The first-order valence-corrected chi connectivity index (χ1v) is 8.82. The Morgan fingerprint density at radius 1 is 0.952 bits per heavy atom. The molecule has 2 aromatic rings. The van der Waals surface area contributed by atoms with Crippen LogP contribution in [-0.2, 0) is 16.4 Å². The Balaban J connectivity index is 2.15. The monoisotopic (exact) mass is 303 g/mol. The molecule has 0 heterocycles. The lowest BCUT2D eigenvalue weighted by molar-refractivity contribution is 0.570. The highest BCUT2D eigenvalue weighted by molar-refractivity contribution is 7.89. The van der Waals surface area contributed by atoms with Crippen molar-refractivity contribution >= 4 is 10.0 Å². The van der Waals surface area contributed by atoms with Gasteiger partial charge >= 0.3 is 0 Å². The zero-order chi connectivity index (χ0) is 15.1. The smallest absolute Gasteiger partial charge is 0.211 e. The van der Waals surface area contributed by atoms with Crippen LogP contribution in [0.1, 0.15) is 24.0 Å². The normalized spacial score (nSPS) is 13.0. The van der Waals surface area contributed by atoms with Gasteiger partial charge < -0.3 is 0 Å². The van der Waals surface area contributed by atoms with Crippen LogP contribution in [0.3, 0.4) is 0 Å². The van der Waals surface area contributed by atoms with Gasteiger partial charge in [0.25, 0.3) is 0 Å². The fraction of sp³-hybridized carbons (Fsp3) is 0.294. The lowest BCUT2D eigenvalue weighted by atomic mass is 9.92. The predicted molar refractivity (Wildman–Crippen MR) is 86.8 cm³/mol. The molecule has 0 aromatic heterocycles. The molecular weight excluding hydrogens is 282 g/mol. The Bertz CT molecular complexity index is 639. The van der Waals surface area contributed by atoms with Crippen LogP contribution in [0.25, 0.3) is 0 Å². The van der Waals surface area contributed by atoms with E-state index in [1.54, 1.807) is 6.92 Å². The minimum Gasteiger partial charge on any atom is -0.215 e. The molecule has 0 spiro atoms. The average molecular weight is 303 g/mol. The molecule has 3 nitrogen and oxygen atoms in total. The highest BCUT2D eigenvalue weighted by Gasteiger charge is 2.15. The van der Waals surface area contributed by atoms with Crippen LogP contribution < -0.4 is 4.72 Å². The number of hydrogen-bond acceptors (Lipinski definition) is 2. The minimum atomic E-state index is -3.16. The first-order chi connectivity index (χ1) is 10.1. The van der Waals surface area contributed by atoms with Crippen molar-refractivity contribution in [2.24, 2.45) is 0 Å². The molecule has 4 heteroatoms. The average Bonchev–Trinajstić information content (AvgIpc) is 2.53.